The predicted molar refractivity (Wildman–Crippen MR) is 103 cm³/mol. The predicted octanol–water partition coefficient (Wildman–Crippen LogP) is 2.98. The third kappa shape index (κ3) is 5.93. The van der Waals surface area contributed by atoms with Crippen LogP contribution >= 0.6 is 0 Å². The zero-order chi connectivity index (χ0) is 18.9. The lowest BCUT2D eigenvalue weighted by molar-refractivity contribution is -0.115. The number of aromatic nitrogens is 2. The quantitative estimate of drug-likeness (QED) is 0.629. The molecule has 3 aromatic rings. The van der Waals surface area contributed by atoms with Gasteiger partial charge in [0.25, 0.3) is 0 Å². The molecule has 3 N–H and O–H groups in total. The van der Waals surface area contributed by atoms with E-state index in [9.17, 15) is 9.59 Å². The SMILES string of the molecule is O=C(Cc1ccccc1)Nc1ccnc(NC(=O)NCc2ccccn2)c1. The fourth-order valence-electron chi connectivity index (χ4n) is 2.40. The van der Waals surface area contributed by atoms with Crippen LogP contribution < -0.4 is 16.0 Å². The Bertz CT molecular complexity index is 901. The minimum Gasteiger partial charge on any atom is -0.332 e. The van der Waals surface area contributed by atoms with Crippen LogP contribution in [0.5, 0.6) is 0 Å². The third-order valence-electron chi connectivity index (χ3n) is 3.65. The molecule has 0 saturated heterocycles. The lowest BCUT2D eigenvalue weighted by Crippen LogP contribution is -2.28. The van der Waals surface area contributed by atoms with Gasteiger partial charge >= 0.3 is 6.03 Å². The van der Waals surface area contributed by atoms with Gasteiger partial charge in [-0.1, -0.05) is 36.4 Å². The average molecular weight is 361 g/mol. The minimum atomic E-state index is -0.402. The van der Waals surface area contributed by atoms with E-state index in [1.165, 1.54) is 6.20 Å². The van der Waals surface area contributed by atoms with Gasteiger partial charge in [0.2, 0.25) is 5.91 Å². The maximum atomic E-state index is 12.1. The Labute approximate surface area is 156 Å². The Morgan fingerprint density at radius 2 is 1.67 bits per heavy atom. The molecular formula is C20H19N5O2. The Kier molecular flexibility index (Phi) is 6.08. The number of anilines is 2. The number of pyridine rings is 2. The molecule has 0 aliphatic carbocycles. The number of rotatable bonds is 6. The zero-order valence-electron chi connectivity index (χ0n) is 14.6. The van der Waals surface area contributed by atoms with Crippen LogP contribution in [0.1, 0.15) is 11.3 Å². The fraction of sp³-hybridized carbons (Fsp3) is 0.100. The molecule has 0 atom stereocenters. The van der Waals surface area contributed by atoms with Crippen LogP contribution in [0.3, 0.4) is 0 Å². The number of amides is 3. The number of carbonyl (C=O) groups excluding carboxylic acids is 2. The van der Waals surface area contributed by atoms with E-state index in [1.54, 1.807) is 18.3 Å². The summed E-state index contributed by atoms with van der Waals surface area (Å²) < 4.78 is 0. The van der Waals surface area contributed by atoms with Gasteiger partial charge < -0.3 is 10.6 Å². The minimum absolute atomic E-state index is 0.141. The highest BCUT2D eigenvalue weighted by Crippen LogP contribution is 2.12. The molecule has 0 radical (unpaired) electrons. The van der Waals surface area contributed by atoms with E-state index in [0.717, 1.165) is 11.3 Å². The standard InChI is InChI=1S/C20H19N5O2/c26-19(12-15-6-2-1-3-7-15)24-16-9-11-22-18(13-16)25-20(27)23-14-17-8-4-5-10-21-17/h1-11,13H,12,14H2,(H3,22,23,24,25,26,27). The second-order valence-corrected chi connectivity index (χ2v) is 5.77. The molecule has 3 rings (SSSR count). The van der Waals surface area contributed by atoms with E-state index >= 15 is 0 Å². The van der Waals surface area contributed by atoms with Crippen LogP contribution in [0, 0.1) is 0 Å². The number of benzene rings is 1. The number of hydrogen-bond acceptors (Lipinski definition) is 4. The average Bonchev–Trinajstić information content (AvgIpc) is 2.68. The highest BCUT2D eigenvalue weighted by atomic mass is 16.2. The van der Waals surface area contributed by atoms with Gasteiger partial charge in [-0.2, -0.15) is 0 Å². The first-order valence-electron chi connectivity index (χ1n) is 8.43. The summed E-state index contributed by atoms with van der Waals surface area (Å²) in [5, 5.41) is 8.14. The maximum Gasteiger partial charge on any atom is 0.320 e. The Hall–Kier alpha value is -3.74. The summed E-state index contributed by atoms with van der Waals surface area (Å²) in [5.41, 5.74) is 2.24. The number of hydrogen-bond donors (Lipinski definition) is 3. The molecule has 7 heteroatoms. The van der Waals surface area contributed by atoms with Crippen LogP contribution in [0.15, 0.2) is 73.1 Å². The first kappa shape index (κ1) is 18.1. The molecule has 2 heterocycles. The van der Waals surface area contributed by atoms with E-state index in [-0.39, 0.29) is 12.3 Å². The second kappa shape index (κ2) is 9.10. The van der Waals surface area contributed by atoms with Gasteiger partial charge in [-0.05, 0) is 23.8 Å². The molecule has 0 spiro atoms. The van der Waals surface area contributed by atoms with Crippen molar-refractivity contribution in [3.8, 4) is 0 Å². The fourth-order valence-corrected chi connectivity index (χ4v) is 2.40. The first-order chi connectivity index (χ1) is 13.2. The second-order valence-electron chi connectivity index (χ2n) is 5.77. The van der Waals surface area contributed by atoms with Crippen molar-refractivity contribution in [2.24, 2.45) is 0 Å². The van der Waals surface area contributed by atoms with Crippen molar-refractivity contribution >= 4 is 23.4 Å². The van der Waals surface area contributed by atoms with Crippen molar-refractivity contribution in [1.82, 2.24) is 15.3 Å². The summed E-state index contributed by atoms with van der Waals surface area (Å²) in [4.78, 5) is 32.3. The van der Waals surface area contributed by atoms with Crippen LogP contribution in [-0.2, 0) is 17.8 Å². The van der Waals surface area contributed by atoms with Crippen molar-refractivity contribution in [3.05, 3.63) is 84.3 Å². The van der Waals surface area contributed by atoms with Crippen molar-refractivity contribution in [1.29, 1.82) is 0 Å². The van der Waals surface area contributed by atoms with Gasteiger partial charge in [0, 0.05) is 24.1 Å². The molecule has 0 saturated carbocycles. The maximum absolute atomic E-state index is 12.1. The van der Waals surface area contributed by atoms with E-state index in [2.05, 4.69) is 25.9 Å². The third-order valence-corrected chi connectivity index (χ3v) is 3.65. The molecule has 0 fully saturated rings. The van der Waals surface area contributed by atoms with E-state index in [4.69, 9.17) is 0 Å². The van der Waals surface area contributed by atoms with Crippen molar-refractivity contribution < 1.29 is 9.59 Å². The topological polar surface area (TPSA) is 96.0 Å². The number of nitrogens with one attached hydrogen (secondary N) is 3. The molecular weight excluding hydrogens is 342 g/mol. The normalized spacial score (nSPS) is 10.1. The van der Waals surface area contributed by atoms with Crippen LogP contribution in [0.4, 0.5) is 16.3 Å². The number of nitrogens with zero attached hydrogens (tertiary/aromatic N) is 2. The Morgan fingerprint density at radius 3 is 2.44 bits per heavy atom. The summed E-state index contributed by atoms with van der Waals surface area (Å²) in [6, 6.07) is 17.8. The van der Waals surface area contributed by atoms with Gasteiger partial charge in [0.05, 0.1) is 18.7 Å². The van der Waals surface area contributed by atoms with Gasteiger partial charge in [0.1, 0.15) is 5.82 Å². The smallest absolute Gasteiger partial charge is 0.320 e. The van der Waals surface area contributed by atoms with Gasteiger partial charge in [-0.15, -0.1) is 0 Å². The van der Waals surface area contributed by atoms with Crippen LogP contribution in [0.2, 0.25) is 0 Å². The Balaban J connectivity index is 1.52. The highest BCUT2D eigenvalue weighted by Gasteiger charge is 2.07. The summed E-state index contributed by atoms with van der Waals surface area (Å²) in [6.45, 7) is 0.306. The zero-order valence-corrected chi connectivity index (χ0v) is 14.6. The molecule has 2 aromatic heterocycles. The summed E-state index contributed by atoms with van der Waals surface area (Å²) in [5.74, 6) is 0.198. The first-order valence-corrected chi connectivity index (χ1v) is 8.43. The molecule has 136 valence electrons. The van der Waals surface area contributed by atoms with Crippen LogP contribution in [0.25, 0.3) is 0 Å². The molecule has 3 amide bonds. The molecule has 1 aromatic carbocycles. The molecule has 0 bridgehead atoms. The molecule has 0 aliphatic heterocycles. The summed E-state index contributed by atoms with van der Waals surface area (Å²) in [7, 11) is 0. The van der Waals surface area contributed by atoms with Crippen molar-refractivity contribution in [3.63, 3.8) is 0 Å². The van der Waals surface area contributed by atoms with Crippen LogP contribution in [-0.4, -0.2) is 21.9 Å². The Morgan fingerprint density at radius 1 is 0.852 bits per heavy atom. The summed E-state index contributed by atoms with van der Waals surface area (Å²) in [6.07, 6.45) is 3.46. The number of carbonyl (C=O) groups is 2. The largest absolute Gasteiger partial charge is 0.332 e. The highest BCUT2D eigenvalue weighted by molar-refractivity contribution is 5.93. The lowest BCUT2D eigenvalue weighted by atomic mass is 10.1. The monoisotopic (exact) mass is 361 g/mol. The summed E-state index contributed by atoms with van der Waals surface area (Å²) >= 11 is 0. The van der Waals surface area contributed by atoms with Crippen molar-refractivity contribution in [2.75, 3.05) is 10.6 Å². The van der Waals surface area contributed by atoms with Crippen molar-refractivity contribution in [2.45, 2.75) is 13.0 Å². The molecule has 7 nitrogen and oxygen atoms in total. The molecule has 27 heavy (non-hydrogen) atoms. The van der Waals surface area contributed by atoms with Gasteiger partial charge in [-0.25, -0.2) is 9.78 Å². The molecule has 0 unspecified atom stereocenters. The van der Waals surface area contributed by atoms with E-state index in [1.807, 2.05) is 48.5 Å². The van der Waals surface area contributed by atoms with E-state index in [0.29, 0.717) is 18.1 Å². The van der Waals surface area contributed by atoms with Gasteiger partial charge in [0.15, 0.2) is 0 Å². The van der Waals surface area contributed by atoms with E-state index < -0.39 is 6.03 Å². The molecule has 0 aliphatic rings. The lowest BCUT2D eigenvalue weighted by Gasteiger charge is -2.09. The number of urea groups is 1. The van der Waals surface area contributed by atoms with Gasteiger partial charge in [-0.3, -0.25) is 15.1 Å².